The summed E-state index contributed by atoms with van der Waals surface area (Å²) in [5.74, 6) is 0.558. The summed E-state index contributed by atoms with van der Waals surface area (Å²) in [6, 6.07) is 5.46. The summed E-state index contributed by atoms with van der Waals surface area (Å²) in [5, 5.41) is 1.31. The molecule has 0 aromatic heterocycles. The lowest BCUT2D eigenvalue weighted by molar-refractivity contribution is 0.295. The molecule has 1 aromatic carbocycles. The van der Waals surface area contributed by atoms with Crippen LogP contribution in [0.15, 0.2) is 18.2 Å². The molecule has 1 rings (SSSR count). The van der Waals surface area contributed by atoms with E-state index in [1.807, 2.05) is 12.1 Å². The first-order valence-electron chi connectivity index (χ1n) is 6.28. The predicted octanol–water partition coefficient (Wildman–Crippen LogP) is 6.74. The smallest absolute Gasteiger partial charge is 0.0603 e. The number of hydrogen-bond donors (Lipinski definition) is 0. The Bertz CT molecular complexity index is 393. The maximum absolute atomic E-state index is 6.46. The highest BCUT2D eigenvalue weighted by atomic mass is 35.5. The molecule has 0 spiro atoms. The second-order valence-corrected chi connectivity index (χ2v) is 7.61. The molecule has 0 bridgehead atoms. The number of hydrogen-bond acceptors (Lipinski definition) is 0. The standard InChI is InChI=1S/C15H21Cl3/c1-10(9-15(2,3)4)7-14(18)12-8-11(16)5-6-13(12)17/h5-6,8,10,14H,7,9H2,1-4H3. The summed E-state index contributed by atoms with van der Waals surface area (Å²) in [6.07, 6.45) is 2.06. The Morgan fingerprint density at radius 1 is 1.17 bits per heavy atom. The van der Waals surface area contributed by atoms with Gasteiger partial charge in [-0.1, -0.05) is 50.9 Å². The van der Waals surface area contributed by atoms with Crippen molar-refractivity contribution in [2.45, 2.75) is 45.9 Å². The van der Waals surface area contributed by atoms with Crippen molar-refractivity contribution in [2.75, 3.05) is 0 Å². The van der Waals surface area contributed by atoms with Crippen molar-refractivity contribution in [1.29, 1.82) is 0 Å². The highest BCUT2D eigenvalue weighted by molar-refractivity contribution is 6.34. The zero-order chi connectivity index (χ0) is 13.9. The lowest BCUT2D eigenvalue weighted by Gasteiger charge is -2.25. The fourth-order valence-electron chi connectivity index (χ4n) is 2.36. The lowest BCUT2D eigenvalue weighted by Crippen LogP contribution is -2.12. The van der Waals surface area contributed by atoms with Crippen LogP contribution in [0.5, 0.6) is 0 Å². The van der Waals surface area contributed by atoms with Crippen LogP contribution in [0.4, 0.5) is 0 Å². The van der Waals surface area contributed by atoms with Crippen LogP contribution in [0, 0.1) is 11.3 Å². The van der Waals surface area contributed by atoms with Crippen molar-refractivity contribution in [2.24, 2.45) is 11.3 Å². The molecule has 2 unspecified atom stereocenters. The van der Waals surface area contributed by atoms with Crippen LogP contribution in [0.25, 0.3) is 0 Å². The minimum Gasteiger partial charge on any atom is -0.118 e. The van der Waals surface area contributed by atoms with Gasteiger partial charge in [-0.05, 0) is 47.9 Å². The third-order valence-electron chi connectivity index (χ3n) is 2.87. The Morgan fingerprint density at radius 3 is 2.33 bits per heavy atom. The summed E-state index contributed by atoms with van der Waals surface area (Å²) in [4.78, 5) is 0. The van der Waals surface area contributed by atoms with Crippen molar-refractivity contribution in [1.82, 2.24) is 0 Å². The molecular weight excluding hydrogens is 287 g/mol. The molecule has 1 aromatic rings. The van der Waals surface area contributed by atoms with E-state index in [2.05, 4.69) is 27.7 Å². The highest BCUT2D eigenvalue weighted by Gasteiger charge is 2.20. The molecule has 18 heavy (non-hydrogen) atoms. The Hall–Kier alpha value is 0.0900. The van der Waals surface area contributed by atoms with Crippen molar-refractivity contribution in [3.63, 3.8) is 0 Å². The summed E-state index contributed by atoms with van der Waals surface area (Å²) in [5.41, 5.74) is 1.26. The zero-order valence-corrected chi connectivity index (χ0v) is 13.7. The summed E-state index contributed by atoms with van der Waals surface area (Å²) in [7, 11) is 0. The average molecular weight is 308 g/mol. The number of alkyl halides is 1. The van der Waals surface area contributed by atoms with Crippen LogP contribution in [-0.2, 0) is 0 Å². The van der Waals surface area contributed by atoms with Crippen molar-refractivity contribution >= 4 is 34.8 Å². The van der Waals surface area contributed by atoms with E-state index >= 15 is 0 Å². The first kappa shape index (κ1) is 16.1. The summed E-state index contributed by atoms with van der Waals surface area (Å²) >= 11 is 18.6. The monoisotopic (exact) mass is 306 g/mol. The maximum atomic E-state index is 6.46. The zero-order valence-electron chi connectivity index (χ0n) is 11.4. The molecule has 102 valence electrons. The van der Waals surface area contributed by atoms with Gasteiger partial charge in [0.15, 0.2) is 0 Å². The lowest BCUT2D eigenvalue weighted by atomic mass is 9.83. The molecule has 0 nitrogen and oxygen atoms in total. The van der Waals surface area contributed by atoms with Crippen LogP contribution >= 0.6 is 34.8 Å². The molecule has 3 heteroatoms. The van der Waals surface area contributed by atoms with Crippen LogP contribution in [0.3, 0.4) is 0 Å². The summed E-state index contributed by atoms with van der Waals surface area (Å²) in [6.45, 7) is 8.98. The minimum absolute atomic E-state index is 0.0754. The Morgan fingerprint density at radius 2 is 1.78 bits per heavy atom. The average Bonchev–Trinajstić information content (AvgIpc) is 2.18. The van der Waals surface area contributed by atoms with E-state index in [1.54, 1.807) is 6.07 Å². The van der Waals surface area contributed by atoms with Gasteiger partial charge in [0.25, 0.3) is 0 Å². The molecule has 0 heterocycles. The minimum atomic E-state index is -0.0754. The van der Waals surface area contributed by atoms with E-state index in [4.69, 9.17) is 34.8 Å². The van der Waals surface area contributed by atoms with E-state index < -0.39 is 0 Å². The molecule has 0 aliphatic rings. The second kappa shape index (κ2) is 6.50. The van der Waals surface area contributed by atoms with E-state index in [1.165, 1.54) is 0 Å². The van der Waals surface area contributed by atoms with Gasteiger partial charge in [0, 0.05) is 10.0 Å². The molecule has 0 radical (unpaired) electrons. The normalized spacial score (nSPS) is 15.5. The fourth-order valence-corrected chi connectivity index (χ4v) is 3.33. The van der Waals surface area contributed by atoms with Gasteiger partial charge in [0.1, 0.15) is 0 Å². The first-order valence-corrected chi connectivity index (χ1v) is 7.47. The predicted molar refractivity (Wildman–Crippen MR) is 82.9 cm³/mol. The molecule has 0 saturated heterocycles. The van der Waals surface area contributed by atoms with Gasteiger partial charge >= 0.3 is 0 Å². The maximum Gasteiger partial charge on any atom is 0.0603 e. The van der Waals surface area contributed by atoms with Crippen molar-refractivity contribution < 1.29 is 0 Å². The Labute approximate surface area is 126 Å². The van der Waals surface area contributed by atoms with Crippen LogP contribution in [-0.4, -0.2) is 0 Å². The molecule has 2 atom stereocenters. The Kier molecular flexibility index (Phi) is 5.83. The first-order chi connectivity index (χ1) is 8.19. The molecule has 0 aliphatic heterocycles. The van der Waals surface area contributed by atoms with Crippen LogP contribution in [0.1, 0.15) is 51.5 Å². The van der Waals surface area contributed by atoms with Gasteiger partial charge < -0.3 is 0 Å². The van der Waals surface area contributed by atoms with Crippen LogP contribution < -0.4 is 0 Å². The van der Waals surface area contributed by atoms with E-state index in [9.17, 15) is 0 Å². The Balaban J connectivity index is 2.70. The topological polar surface area (TPSA) is 0 Å². The van der Waals surface area contributed by atoms with Crippen molar-refractivity contribution in [3.8, 4) is 0 Å². The van der Waals surface area contributed by atoms with Gasteiger partial charge in [0.2, 0.25) is 0 Å². The van der Waals surface area contributed by atoms with Crippen molar-refractivity contribution in [3.05, 3.63) is 33.8 Å². The molecule has 0 amide bonds. The third kappa shape index (κ3) is 5.38. The highest BCUT2D eigenvalue weighted by Crippen LogP contribution is 2.37. The third-order valence-corrected chi connectivity index (χ3v) is 3.86. The second-order valence-electron chi connectivity index (χ2n) is 6.24. The van der Waals surface area contributed by atoms with Gasteiger partial charge in [-0.2, -0.15) is 0 Å². The largest absolute Gasteiger partial charge is 0.118 e. The van der Waals surface area contributed by atoms with Crippen LogP contribution in [0.2, 0.25) is 10.0 Å². The molecule has 0 aliphatic carbocycles. The number of benzene rings is 1. The molecule has 0 saturated carbocycles. The molecule has 0 N–H and O–H groups in total. The summed E-state index contributed by atoms with van der Waals surface area (Å²) < 4.78 is 0. The van der Waals surface area contributed by atoms with E-state index in [0.29, 0.717) is 21.4 Å². The van der Waals surface area contributed by atoms with Gasteiger partial charge in [-0.25, -0.2) is 0 Å². The quantitative estimate of drug-likeness (QED) is 0.541. The van der Waals surface area contributed by atoms with Gasteiger partial charge in [0.05, 0.1) is 5.38 Å². The fraction of sp³-hybridized carbons (Fsp3) is 0.600. The number of rotatable bonds is 4. The number of halogens is 3. The SMILES string of the molecule is CC(CC(Cl)c1cc(Cl)ccc1Cl)CC(C)(C)C. The van der Waals surface area contributed by atoms with Gasteiger partial charge in [-0.15, -0.1) is 11.6 Å². The molecule has 0 fully saturated rings. The van der Waals surface area contributed by atoms with E-state index in [0.717, 1.165) is 18.4 Å². The van der Waals surface area contributed by atoms with Gasteiger partial charge in [-0.3, -0.25) is 0 Å². The van der Waals surface area contributed by atoms with E-state index in [-0.39, 0.29) is 5.38 Å². The molecular formula is C15H21Cl3.